The van der Waals surface area contributed by atoms with E-state index in [2.05, 4.69) is 19.9 Å². The van der Waals surface area contributed by atoms with Gasteiger partial charge in [-0.3, -0.25) is 4.79 Å². The van der Waals surface area contributed by atoms with E-state index in [0.717, 1.165) is 12.8 Å². The Kier molecular flexibility index (Phi) is 2.89. The zero-order valence-electron chi connectivity index (χ0n) is 13.4. The van der Waals surface area contributed by atoms with E-state index in [-0.39, 0.29) is 41.7 Å². The molecule has 4 aliphatic rings. The Bertz CT molecular complexity index is 551. The Morgan fingerprint density at radius 2 is 2.27 bits per heavy atom. The van der Waals surface area contributed by atoms with Gasteiger partial charge in [0.15, 0.2) is 0 Å². The van der Waals surface area contributed by atoms with Crippen LogP contribution in [-0.4, -0.2) is 48.2 Å². The second-order valence-corrected chi connectivity index (χ2v) is 7.67. The second-order valence-electron chi connectivity index (χ2n) is 7.67. The Hall–Kier alpha value is -0.910. The Morgan fingerprint density at radius 3 is 2.86 bits per heavy atom. The van der Waals surface area contributed by atoms with Crippen molar-refractivity contribution in [2.75, 3.05) is 13.2 Å². The topological polar surface area (TPSA) is 68.3 Å². The van der Waals surface area contributed by atoms with Gasteiger partial charge < -0.3 is 19.3 Å². The summed E-state index contributed by atoms with van der Waals surface area (Å²) in [5.74, 6) is -0.284. The van der Waals surface area contributed by atoms with Gasteiger partial charge in [0.05, 0.1) is 19.3 Å². The van der Waals surface area contributed by atoms with Gasteiger partial charge >= 0.3 is 5.97 Å². The Balaban J connectivity index is 1.80. The van der Waals surface area contributed by atoms with E-state index in [1.807, 2.05) is 0 Å². The van der Waals surface area contributed by atoms with Crippen LogP contribution in [0.3, 0.4) is 0 Å². The molecule has 0 aromatic heterocycles. The molecule has 1 saturated carbocycles. The smallest absolute Gasteiger partial charge is 0.302 e. The number of fused-ring (bicyclic) bond motifs is 2. The minimum absolute atomic E-state index is 0.0720. The van der Waals surface area contributed by atoms with Gasteiger partial charge in [0.25, 0.3) is 0 Å². The van der Waals surface area contributed by atoms with Crippen LogP contribution >= 0.6 is 0 Å². The summed E-state index contributed by atoms with van der Waals surface area (Å²) in [5, 5.41) is 10.3. The van der Waals surface area contributed by atoms with Gasteiger partial charge in [-0.25, -0.2) is 0 Å². The van der Waals surface area contributed by atoms with Crippen LogP contribution in [0.15, 0.2) is 11.6 Å². The Morgan fingerprint density at radius 1 is 1.55 bits per heavy atom. The first kappa shape index (κ1) is 14.7. The molecule has 1 unspecified atom stereocenters. The minimum Gasteiger partial charge on any atom is -0.460 e. The lowest BCUT2D eigenvalue weighted by Crippen LogP contribution is -2.64. The third kappa shape index (κ3) is 1.52. The average Bonchev–Trinajstić information content (AvgIpc) is 3.21. The zero-order valence-corrected chi connectivity index (χ0v) is 13.4. The molecule has 2 bridgehead atoms. The fourth-order valence-corrected chi connectivity index (χ4v) is 5.32. The number of rotatable bonds is 2. The standard InChI is InChI=1S/C17H24O5/c1-10-4-5-16(8-18)13(6-10)22-14-12(21-11(2)19)7-15(16,3)17(14)9-20-17/h6,12-14,18H,4-5,7-9H2,1-3H3/t12?,13-,14-,15-,16-,17+/m1/s1. The third-order valence-corrected chi connectivity index (χ3v) is 6.73. The first-order valence-corrected chi connectivity index (χ1v) is 8.13. The normalized spacial score (nSPS) is 52.2. The minimum atomic E-state index is -0.397. The number of ether oxygens (including phenoxy) is 3. The number of esters is 1. The van der Waals surface area contributed by atoms with Crippen LogP contribution in [0.5, 0.6) is 0 Å². The van der Waals surface area contributed by atoms with Crippen molar-refractivity contribution >= 4 is 5.97 Å². The second kappa shape index (κ2) is 4.34. The molecule has 4 rings (SSSR count). The van der Waals surface area contributed by atoms with E-state index in [4.69, 9.17) is 14.2 Å². The zero-order chi connectivity index (χ0) is 15.8. The van der Waals surface area contributed by atoms with E-state index in [1.165, 1.54) is 12.5 Å². The predicted octanol–water partition coefficient (Wildman–Crippen LogP) is 1.58. The number of carbonyl (C=O) groups excluding carboxylic acids is 1. The molecule has 3 fully saturated rings. The fraction of sp³-hybridized carbons (Fsp3) is 0.824. The lowest BCUT2D eigenvalue weighted by Gasteiger charge is -2.57. The summed E-state index contributed by atoms with van der Waals surface area (Å²) in [7, 11) is 0. The molecule has 0 aromatic rings. The van der Waals surface area contributed by atoms with Crippen LogP contribution < -0.4 is 0 Å². The molecule has 1 N–H and O–H groups in total. The molecular weight excluding hydrogens is 284 g/mol. The molecule has 0 aromatic carbocycles. The van der Waals surface area contributed by atoms with Crippen molar-refractivity contribution in [3.05, 3.63) is 11.6 Å². The maximum absolute atomic E-state index is 11.5. The van der Waals surface area contributed by atoms with Gasteiger partial charge in [-0.15, -0.1) is 0 Å². The highest BCUT2D eigenvalue weighted by Crippen LogP contribution is 2.71. The van der Waals surface area contributed by atoms with E-state index in [0.29, 0.717) is 13.0 Å². The molecule has 2 aliphatic heterocycles. The van der Waals surface area contributed by atoms with Gasteiger partial charge in [0.2, 0.25) is 0 Å². The number of hydrogen-bond acceptors (Lipinski definition) is 5. The van der Waals surface area contributed by atoms with Crippen LogP contribution in [0.2, 0.25) is 0 Å². The van der Waals surface area contributed by atoms with Crippen molar-refractivity contribution in [3.63, 3.8) is 0 Å². The molecule has 2 aliphatic carbocycles. The molecule has 6 atom stereocenters. The summed E-state index contributed by atoms with van der Waals surface area (Å²) in [5.41, 5.74) is 0.313. The Labute approximate surface area is 130 Å². The predicted molar refractivity (Wildman–Crippen MR) is 78.1 cm³/mol. The number of allylic oxidation sites excluding steroid dienone is 1. The lowest BCUT2D eigenvalue weighted by molar-refractivity contribution is -0.218. The summed E-state index contributed by atoms with van der Waals surface area (Å²) in [6, 6.07) is 0. The number of aliphatic hydroxyl groups excluding tert-OH is 1. The van der Waals surface area contributed by atoms with Crippen molar-refractivity contribution < 1.29 is 24.1 Å². The van der Waals surface area contributed by atoms with Crippen molar-refractivity contribution in [1.29, 1.82) is 0 Å². The van der Waals surface area contributed by atoms with Gasteiger partial charge in [0, 0.05) is 17.8 Å². The van der Waals surface area contributed by atoms with E-state index in [9.17, 15) is 9.90 Å². The molecule has 2 saturated heterocycles. The molecule has 0 radical (unpaired) electrons. The van der Waals surface area contributed by atoms with Crippen molar-refractivity contribution in [3.8, 4) is 0 Å². The molecule has 0 amide bonds. The van der Waals surface area contributed by atoms with E-state index < -0.39 is 5.60 Å². The summed E-state index contributed by atoms with van der Waals surface area (Å²) in [4.78, 5) is 11.5. The SMILES string of the molecule is CC(=O)OC1C[C@]2(C)[C@@]3(CO)CCC(C)=C[C@H]3O[C@H]1[C@@]21CO1. The number of epoxide rings is 1. The number of carbonyl (C=O) groups is 1. The molecule has 5 nitrogen and oxygen atoms in total. The summed E-state index contributed by atoms with van der Waals surface area (Å²) < 4.78 is 17.8. The van der Waals surface area contributed by atoms with Crippen molar-refractivity contribution in [2.24, 2.45) is 10.8 Å². The quantitative estimate of drug-likeness (QED) is 0.476. The third-order valence-electron chi connectivity index (χ3n) is 6.73. The summed E-state index contributed by atoms with van der Waals surface area (Å²) in [6.45, 7) is 6.43. The first-order chi connectivity index (χ1) is 10.4. The average molecular weight is 308 g/mol. The maximum Gasteiger partial charge on any atom is 0.302 e. The molecule has 1 spiro atoms. The highest BCUT2D eigenvalue weighted by atomic mass is 16.7. The van der Waals surface area contributed by atoms with Gasteiger partial charge in [-0.2, -0.15) is 0 Å². The van der Waals surface area contributed by atoms with Crippen LogP contribution in [0.25, 0.3) is 0 Å². The monoisotopic (exact) mass is 308 g/mol. The molecular formula is C17H24O5. The van der Waals surface area contributed by atoms with Crippen LogP contribution in [0, 0.1) is 10.8 Å². The first-order valence-electron chi connectivity index (χ1n) is 8.13. The molecule has 5 heteroatoms. The largest absolute Gasteiger partial charge is 0.460 e. The highest BCUT2D eigenvalue weighted by molar-refractivity contribution is 5.66. The fourth-order valence-electron chi connectivity index (χ4n) is 5.32. The summed E-state index contributed by atoms with van der Waals surface area (Å²) >= 11 is 0. The van der Waals surface area contributed by atoms with Crippen LogP contribution in [0.4, 0.5) is 0 Å². The molecule has 22 heavy (non-hydrogen) atoms. The number of hydrogen-bond donors (Lipinski definition) is 1. The van der Waals surface area contributed by atoms with Crippen molar-refractivity contribution in [1.82, 2.24) is 0 Å². The van der Waals surface area contributed by atoms with Gasteiger partial charge in [-0.1, -0.05) is 18.6 Å². The van der Waals surface area contributed by atoms with E-state index >= 15 is 0 Å². The van der Waals surface area contributed by atoms with E-state index in [1.54, 1.807) is 0 Å². The molecule has 122 valence electrons. The highest BCUT2D eigenvalue weighted by Gasteiger charge is 2.81. The van der Waals surface area contributed by atoms with Crippen molar-refractivity contribution in [2.45, 2.75) is 63.9 Å². The van der Waals surface area contributed by atoms with Gasteiger partial charge in [0.1, 0.15) is 17.8 Å². The number of aliphatic hydroxyl groups is 1. The molecule has 2 heterocycles. The van der Waals surface area contributed by atoms with Crippen LogP contribution in [0.1, 0.15) is 40.0 Å². The lowest BCUT2D eigenvalue weighted by atomic mass is 9.52. The maximum atomic E-state index is 11.5. The van der Waals surface area contributed by atoms with Crippen LogP contribution in [-0.2, 0) is 19.0 Å². The summed E-state index contributed by atoms with van der Waals surface area (Å²) in [6.07, 6.45) is 4.06. The van der Waals surface area contributed by atoms with Gasteiger partial charge in [-0.05, 0) is 26.2 Å².